The number of thioether (sulfide) groups is 1. The molecule has 2 aliphatic rings. The number of nitrogens with zero attached hydrogens (tertiary/aromatic N) is 1. The first kappa shape index (κ1) is 19.3. The molecule has 0 radical (unpaired) electrons. The van der Waals surface area contributed by atoms with E-state index in [1.807, 2.05) is 54.6 Å². The van der Waals surface area contributed by atoms with E-state index in [1.165, 1.54) is 11.8 Å². The van der Waals surface area contributed by atoms with Gasteiger partial charge in [0.05, 0.1) is 10.6 Å². The van der Waals surface area contributed by atoms with Gasteiger partial charge in [-0.3, -0.25) is 14.5 Å². The third-order valence-electron chi connectivity index (χ3n) is 5.00. The lowest BCUT2D eigenvalue weighted by Gasteiger charge is -2.30. The van der Waals surface area contributed by atoms with Gasteiger partial charge in [-0.05, 0) is 48.7 Å². The topological polar surface area (TPSA) is 49.4 Å². The van der Waals surface area contributed by atoms with Crippen molar-refractivity contribution < 1.29 is 9.59 Å². The summed E-state index contributed by atoms with van der Waals surface area (Å²) in [4.78, 5) is 29.0. The zero-order chi connectivity index (χ0) is 19.5. The number of rotatable bonds is 4. The van der Waals surface area contributed by atoms with Crippen molar-refractivity contribution in [3.63, 3.8) is 0 Å². The van der Waals surface area contributed by atoms with Crippen LogP contribution in [0.2, 0.25) is 0 Å². The van der Waals surface area contributed by atoms with Gasteiger partial charge in [0.25, 0.3) is 5.91 Å². The van der Waals surface area contributed by atoms with Crippen molar-refractivity contribution in [2.75, 3.05) is 11.4 Å². The number of carbonyl (C=O) groups excluding carboxylic acids is 2. The Bertz CT molecular complexity index is 938. The molecule has 0 aromatic heterocycles. The van der Waals surface area contributed by atoms with Crippen molar-refractivity contribution in [3.8, 4) is 0 Å². The Morgan fingerprint density at radius 3 is 2.75 bits per heavy atom. The van der Waals surface area contributed by atoms with Crippen LogP contribution in [0.25, 0.3) is 6.08 Å². The van der Waals surface area contributed by atoms with E-state index in [9.17, 15) is 9.59 Å². The fourth-order valence-electron chi connectivity index (χ4n) is 3.65. The van der Waals surface area contributed by atoms with Gasteiger partial charge < -0.3 is 5.32 Å². The largest absolute Gasteiger partial charge is 0.352 e. The molecule has 1 aliphatic heterocycles. The van der Waals surface area contributed by atoms with Gasteiger partial charge in [-0.15, -0.1) is 0 Å². The lowest BCUT2D eigenvalue weighted by atomic mass is 10.2. The van der Waals surface area contributed by atoms with Crippen LogP contribution in [0, 0.1) is 0 Å². The Labute approximate surface area is 177 Å². The smallest absolute Gasteiger partial charge is 0.265 e. The SMILES string of the molecule is O=C(CN1C(=O)/C(=C\c2cccc(Br)c2)Sc2ccccc21)NC1CCCC1. The van der Waals surface area contributed by atoms with Crippen LogP contribution >= 0.6 is 27.7 Å². The standard InChI is InChI=1S/C22H21BrN2O2S/c23-16-7-5-6-15(12-16)13-20-22(27)25(18-10-3-4-11-19(18)28-20)14-21(26)24-17-8-1-2-9-17/h3-7,10-13,17H,1-2,8-9,14H2,(H,24,26)/b20-13+. The Kier molecular flexibility index (Phi) is 5.87. The number of benzene rings is 2. The third kappa shape index (κ3) is 4.33. The zero-order valence-electron chi connectivity index (χ0n) is 15.4. The second kappa shape index (κ2) is 8.53. The number of carbonyl (C=O) groups is 2. The van der Waals surface area contributed by atoms with Gasteiger partial charge >= 0.3 is 0 Å². The van der Waals surface area contributed by atoms with Gasteiger partial charge in [-0.1, -0.05) is 64.8 Å². The van der Waals surface area contributed by atoms with Gasteiger partial charge in [0.2, 0.25) is 5.91 Å². The molecule has 4 rings (SSSR count). The van der Waals surface area contributed by atoms with E-state index < -0.39 is 0 Å². The molecule has 6 heteroatoms. The summed E-state index contributed by atoms with van der Waals surface area (Å²) in [7, 11) is 0. The fraction of sp³-hybridized carbons (Fsp3) is 0.273. The summed E-state index contributed by atoms with van der Waals surface area (Å²) >= 11 is 4.92. The molecule has 144 valence electrons. The van der Waals surface area contributed by atoms with Crippen LogP contribution in [0.3, 0.4) is 0 Å². The van der Waals surface area contributed by atoms with E-state index in [0.717, 1.165) is 46.3 Å². The summed E-state index contributed by atoms with van der Waals surface area (Å²) in [5, 5.41) is 3.08. The molecule has 2 aromatic carbocycles. The number of hydrogen-bond donors (Lipinski definition) is 1. The Balaban J connectivity index is 1.60. The second-order valence-electron chi connectivity index (χ2n) is 7.07. The maximum atomic E-state index is 13.2. The highest BCUT2D eigenvalue weighted by atomic mass is 79.9. The molecule has 0 spiro atoms. The van der Waals surface area contributed by atoms with Crippen LogP contribution in [0.1, 0.15) is 31.2 Å². The molecule has 1 heterocycles. The molecule has 0 bridgehead atoms. The first-order valence-electron chi connectivity index (χ1n) is 9.45. The zero-order valence-corrected chi connectivity index (χ0v) is 17.8. The number of para-hydroxylation sites is 1. The summed E-state index contributed by atoms with van der Waals surface area (Å²) in [5.41, 5.74) is 1.74. The van der Waals surface area contributed by atoms with Crippen LogP contribution < -0.4 is 10.2 Å². The highest BCUT2D eigenvalue weighted by Crippen LogP contribution is 2.42. The number of hydrogen-bond acceptors (Lipinski definition) is 3. The summed E-state index contributed by atoms with van der Waals surface area (Å²) in [6, 6.07) is 15.8. The Morgan fingerprint density at radius 1 is 1.18 bits per heavy atom. The summed E-state index contributed by atoms with van der Waals surface area (Å²) in [6.45, 7) is 0.0444. The van der Waals surface area contributed by atoms with Gasteiger partial charge in [0, 0.05) is 15.4 Å². The molecule has 1 N–H and O–H groups in total. The van der Waals surface area contributed by atoms with Crippen molar-refractivity contribution in [1.82, 2.24) is 5.32 Å². The van der Waals surface area contributed by atoms with Gasteiger partial charge in [-0.25, -0.2) is 0 Å². The molecule has 4 nitrogen and oxygen atoms in total. The molecule has 1 aliphatic carbocycles. The fourth-order valence-corrected chi connectivity index (χ4v) is 5.13. The summed E-state index contributed by atoms with van der Waals surface area (Å²) < 4.78 is 0.961. The first-order chi connectivity index (χ1) is 13.6. The van der Waals surface area contributed by atoms with Crippen molar-refractivity contribution in [1.29, 1.82) is 0 Å². The molecule has 28 heavy (non-hydrogen) atoms. The number of anilines is 1. The number of halogens is 1. The highest BCUT2D eigenvalue weighted by molar-refractivity contribution is 9.10. The minimum absolute atomic E-state index is 0.0444. The van der Waals surface area contributed by atoms with Crippen molar-refractivity contribution >= 4 is 51.3 Å². The maximum absolute atomic E-state index is 13.2. The van der Waals surface area contributed by atoms with Crippen molar-refractivity contribution in [2.24, 2.45) is 0 Å². The van der Waals surface area contributed by atoms with Crippen LogP contribution in [0.4, 0.5) is 5.69 Å². The maximum Gasteiger partial charge on any atom is 0.265 e. The molecule has 1 saturated carbocycles. The van der Waals surface area contributed by atoms with E-state index >= 15 is 0 Å². The van der Waals surface area contributed by atoms with Gasteiger partial charge in [0.1, 0.15) is 6.54 Å². The molecule has 1 fully saturated rings. The van der Waals surface area contributed by atoms with E-state index in [1.54, 1.807) is 4.90 Å². The van der Waals surface area contributed by atoms with Crippen molar-refractivity contribution in [2.45, 2.75) is 36.6 Å². The van der Waals surface area contributed by atoms with Crippen LogP contribution in [0.5, 0.6) is 0 Å². The van der Waals surface area contributed by atoms with Crippen LogP contribution in [0.15, 0.2) is 62.8 Å². The molecule has 0 unspecified atom stereocenters. The summed E-state index contributed by atoms with van der Waals surface area (Å²) in [5.74, 6) is -0.228. The Hall–Kier alpha value is -2.05. The van der Waals surface area contributed by atoms with Gasteiger partial charge in [0.15, 0.2) is 0 Å². The Morgan fingerprint density at radius 2 is 1.96 bits per heavy atom. The average Bonchev–Trinajstić information content (AvgIpc) is 3.18. The monoisotopic (exact) mass is 456 g/mol. The minimum atomic E-state index is -0.134. The molecule has 2 amide bonds. The third-order valence-corrected chi connectivity index (χ3v) is 6.57. The van der Waals surface area contributed by atoms with Gasteiger partial charge in [-0.2, -0.15) is 0 Å². The summed E-state index contributed by atoms with van der Waals surface area (Å²) in [6.07, 6.45) is 6.26. The van der Waals surface area contributed by atoms with E-state index in [0.29, 0.717) is 4.91 Å². The second-order valence-corrected chi connectivity index (χ2v) is 9.07. The molecular formula is C22H21BrN2O2S. The molecule has 0 saturated heterocycles. The number of amides is 2. The lowest BCUT2D eigenvalue weighted by molar-refractivity contribution is -0.122. The van der Waals surface area contributed by atoms with Crippen LogP contribution in [-0.2, 0) is 9.59 Å². The van der Waals surface area contributed by atoms with Crippen molar-refractivity contribution in [3.05, 3.63) is 63.5 Å². The predicted molar refractivity (Wildman–Crippen MR) is 117 cm³/mol. The quantitative estimate of drug-likeness (QED) is 0.659. The average molecular weight is 457 g/mol. The minimum Gasteiger partial charge on any atom is -0.352 e. The molecule has 0 atom stereocenters. The predicted octanol–water partition coefficient (Wildman–Crippen LogP) is 4.99. The molecular weight excluding hydrogens is 436 g/mol. The molecule has 2 aromatic rings. The van der Waals surface area contributed by atoms with Crippen LogP contribution in [-0.4, -0.2) is 24.4 Å². The lowest BCUT2D eigenvalue weighted by Crippen LogP contribution is -2.45. The normalized spacial score (nSPS) is 18.4. The number of fused-ring (bicyclic) bond motifs is 1. The highest BCUT2D eigenvalue weighted by Gasteiger charge is 2.31. The number of nitrogens with one attached hydrogen (secondary N) is 1. The first-order valence-corrected chi connectivity index (χ1v) is 11.1. The van der Waals surface area contributed by atoms with E-state index in [4.69, 9.17) is 0 Å². The van der Waals surface area contributed by atoms with E-state index in [2.05, 4.69) is 21.2 Å². The van der Waals surface area contributed by atoms with E-state index in [-0.39, 0.29) is 24.4 Å².